The van der Waals surface area contributed by atoms with E-state index in [1.54, 1.807) is 6.92 Å². The molecule has 0 bridgehead atoms. The molecule has 3 rings (SSSR count). The van der Waals surface area contributed by atoms with Crippen LogP contribution in [-0.2, 0) is 17.5 Å². The highest BCUT2D eigenvalue weighted by molar-refractivity contribution is 6.32. The van der Waals surface area contributed by atoms with Gasteiger partial charge in [0.2, 0.25) is 5.91 Å². The van der Waals surface area contributed by atoms with Crippen LogP contribution >= 0.6 is 11.6 Å². The van der Waals surface area contributed by atoms with Crippen molar-refractivity contribution >= 4 is 23.2 Å². The molecule has 1 aromatic carbocycles. The number of hydrogen-bond donors (Lipinski definition) is 1. The van der Waals surface area contributed by atoms with Gasteiger partial charge in [-0.1, -0.05) is 18.5 Å². The standard InChI is InChI=1S/C18H17ClF5N3O2/c1-9(8-27-13(10-2-3-10)7-15(26-27)18(22,23)24)16(28)25-11-4-5-14(12(19)6-11)29-17(20)21/h4-7,9-10,17H,2-3,8H2,1H3,(H,25,28). The lowest BCUT2D eigenvalue weighted by Crippen LogP contribution is -2.25. The highest BCUT2D eigenvalue weighted by Gasteiger charge is 2.38. The highest BCUT2D eigenvalue weighted by atomic mass is 35.5. The first-order valence-electron chi connectivity index (χ1n) is 8.74. The summed E-state index contributed by atoms with van der Waals surface area (Å²) in [5.74, 6) is -1.40. The molecule has 5 nitrogen and oxygen atoms in total. The lowest BCUT2D eigenvalue weighted by molar-refractivity contribution is -0.141. The molecule has 1 amide bonds. The summed E-state index contributed by atoms with van der Waals surface area (Å²) in [5.41, 5.74) is -0.269. The number of rotatable bonds is 7. The van der Waals surface area contributed by atoms with Gasteiger partial charge in [-0.05, 0) is 37.1 Å². The summed E-state index contributed by atoms with van der Waals surface area (Å²) < 4.78 is 68.9. The number of benzene rings is 1. The molecule has 1 aliphatic rings. The molecule has 2 aromatic rings. The third kappa shape index (κ3) is 5.37. The molecular weight excluding hydrogens is 421 g/mol. The first-order valence-corrected chi connectivity index (χ1v) is 9.12. The Labute approximate surface area is 167 Å². The molecule has 0 radical (unpaired) electrons. The van der Waals surface area contributed by atoms with E-state index >= 15 is 0 Å². The normalized spacial score (nSPS) is 15.4. The van der Waals surface area contributed by atoms with Gasteiger partial charge in [0, 0.05) is 17.3 Å². The van der Waals surface area contributed by atoms with Crippen molar-refractivity contribution in [3.8, 4) is 5.75 Å². The Morgan fingerprint density at radius 1 is 1.34 bits per heavy atom. The Hall–Kier alpha value is -2.36. The summed E-state index contributed by atoms with van der Waals surface area (Å²) in [6.45, 7) is -1.52. The molecule has 0 spiro atoms. The molecule has 1 saturated carbocycles. The van der Waals surface area contributed by atoms with Crippen LogP contribution < -0.4 is 10.1 Å². The fourth-order valence-electron chi connectivity index (χ4n) is 2.80. The molecule has 1 N–H and O–H groups in total. The molecule has 0 aliphatic heterocycles. The number of nitrogens with zero attached hydrogens (tertiary/aromatic N) is 2. The second-order valence-electron chi connectivity index (χ2n) is 6.82. The van der Waals surface area contributed by atoms with E-state index in [1.165, 1.54) is 22.9 Å². The summed E-state index contributed by atoms with van der Waals surface area (Å²) in [7, 11) is 0. The van der Waals surface area contributed by atoms with Crippen molar-refractivity contribution in [1.82, 2.24) is 9.78 Å². The average Bonchev–Trinajstić information content (AvgIpc) is 3.36. The molecule has 1 aromatic heterocycles. The maximum atomic E-state index is 13.0. The average molecular weight is 438 g/mol. The van der Waals surface area contributed by atoms with Crippen molar-refractivity contribution in [3.63, 3.8) is 0 Å². The highest BCUT2D eigenvalue weighted by Crippen LogP contribution is 2.42. The topological polar surface area (TPSA) is 56.2 Å². The number of aromatic nitrogens is 2. The quantitative estimate of drug-likeness (QED) is 0.597. The van der Waals surface area contributed by atoms with Crippen LogP contribution in [-0.4, -0.2) is 22.3 Å². The molecule has 158 valence electrons. The van der Waals surface area contributed by atoms with Gasteiger partial charge in [0.15, 0.2) is 5.69 Å². The minimum atomic E-state index is -4.56. The zero-order valence-corrected chi connectivity index (χ0v) is 15.9. The van der Waals surface area contributed by atoms with Crippen LogP contribution in [0.5, 0.6) is 5.75 Å². The lowest BCUT2D eigenvalue weighted by atomic mass is 10.1. The Kier molecular flexibility index (Phi) is 6.02. The zero-order valence-electron chi connectivity index (χ0n) is 15.1. The van der Waals surface area contributed by atoms with Crippen molar-refractivity contribution in [3.05, 3.63) is 40.7 Å². The van der Waals surface area contributed by atoms with Crippen LogP contribution in [0.1, 0.15) is 37.1 Å². The fourth-order valence-corrected chi connectivity index (χ4v) is 3.03. The number of anilines is 1. The molecule has 1 unspecified atom stereocenters. The van der Waals surface area contributed by atoms with E-state index in [0.717, 1.165) is 18.9 Å². The fraction of sp³-hybridized carbons (Fsp3) is 0.444. The van der Waals surface area contributed by atoms with E-state index in [0.29, 0.717) is 5.69 Å². The van der Waals surface area contributed by atoms with Crippen LogP contribution in [0, 0.1) is 5.92 Å². The van der Waals surface area contributed by atoms with E-state index in [1.807, 2.05) is 0 Å². The predicted molar refractivity (Wildman–Crippen MR) is 95.1 cm³/mol. The SMILES string of the molecule is CC(Cn1nc(C(F)(F)F)cc1C1CC1)C(=O)Nc1ccc(OC(F)F)c(Cl)c1. The second kappa shape index (κ2) is 8.17. The van der Waals surface area contributed by atoms with Gasteiger partial charge in [0.1, 0.15) is 5.75 Å². The van der Waals surface area contributed by atoms with Crippen molar-refractivity contribution in [2.24, 2.45) is 5.92 Å². The minimum Gasteiger partial charge on any atom is -0.433 e. The number of alkyl halides is 5. The number of ether oxygens (including phenoxy) is 1. The van der Waals surface area contributed by atoms with Gasteiger partial charge in [0.25, 0.3) is 0 Å². The number of carbonyl (C=O) groups excluding carboxylic acids is 1. The van der Waals surface area contributed by atoms with Crippen molar-refractivity contribution in [1.29, 1.82) is 0 Å². The zero-order chi connectivity index (χ0) is 21.3. The van der Waals surface area contributed by atoms with Crippen LogP contribution in [0.25, 0.3) is 0 Å². The van der Waals surface area contributed by atoms with E-state index in [2.05, 4.69) is 15.2 Å². The summed E-state index contributed by atoms with van der Waals surface area (Å²) in [5, 5.41) is 6.07. The third-order valence-corrected chi connectivity index (χ3v) is 4.70. The van der Waals surface area contributed by atoms with Crippen LogP contribution in [0.15, 0.2) is 24.3 Å². The monoisotopic (exact) mass is 437 g/mol. The van der Waals surface area contributed by atoms with Crippen molar-refractivity contribution < 1.29 is 31.5 Å². The molecule has 0 saturated heterocycles. The van der Waals surface area contributed by atoms with Crippen molar-refractivity contribution in [2.75, 3.05) is 5.32 Å². The number of halogens is 6. The molecule has 11 heteroatoms. The predicted octanol–water partition coefficient (Wildman–Crippen LogP) is 5.31. The number of nitrogens with one attached hydrogen (secondary N) is 1. The summed E-state index contributed by atoms with van der Waals surface area (Å²) >= 11 is 5.84. The number of hydrogen-bond acceptors (Lipinski definition) is 3. The van der Waals surface area contributed by atoms with Gasteiger partial charge in [0.05, 0.1) is 17.5 Å². The first-order chi connectivity index (χ1) is 13.5. The summed E-state index contributed by atoms with van der Waals surface area (Å²) in [6, 6.07) is 4.79. The van der Waals surface area contributed by atoms with E-state index < -0.39 is 30.3 Å². The van der Waals surface area contributed by atoms with Crippen molar-refractivity contribution in [2.45, 2.75) is 45.0 Å². The first kappa shape index (κ1) is 21.4. The third-order valence-electron chi connectivity index (χ3n) is 4.41. The van der Waals surface area contributed by atoms with Gasteiger partial charge in [-0.15, -0.1) is 0 Å². The van der Waals surface area contributed by atoms with Crippen LogP contribution in [0.3, 0.4) is 0 Å². The number of carbonyl (C=O) groups is 1. The van der Waals surface area contributed by atoms with Gasteiger partial charge in [-0.2, -0.15) is 27.1 Å². The van der Waals surface area contributed by atoms with E-state index in [4.69, 9.17) is 11.6 Å². The second-order valence-corrected chi connectivity index (χ2v) is 7.23. The molecule has 1 atom stereocenters. The molecule has 29 heavy (non-hydrogen) atoms. The molecular formula is C18H17ClF5N3O2. The maximum absolute atomic E-state index is 13.0. The lowest BCUT2D eigenvalue weighted by Gasteiger charge is -2.15. The van der Waals surface area contributed by atoms with E-state index in [-0.39, 0.29) is 28.9 Å². The molecule has 1 aliphatic carbocycles. The Bertz CT molecular complexity index is 896. The van der Waals surface area contributed by atoms with Gasteiger partial charge < -0.3 is 10.1 Å². The Balaban J connectivity index is 1.68. The number of amides is 1. The van der Waals surface area contributed by atoms with Crippen LogP contribution in [0.4, 0.5) is 27.6 Å². The Morgan fingerprint density at radius 2 is 2.03 bits per heavy atom. The summed E-state index contributed by atoms with van der Waals surface area (Å²) in [6.07, 6.45) is -2.98. The Morgan fingerprint density at radius 3 is 2.59 bits per heavy atom. The van der Waals surface area contributed by atoms with Gasteiger partial charge >= 0.3 is 12.8 Å². The largest absolute Gasteiger partial charge is 0.435 e. The molecule has 1 heterocycles. The van der Waals surface area contributed by atoms with Gasteiger partial charge in [-0.3, -0.25) is 9.48 Å². The molecule has 1 fully saturated rings. The van der Waals surface area contributed by atoms with Gasteiger partial charge in [-0.25, -0.2) is 0 Å². The minimum absolute atomic E-state index is 0.0232. The smallest absolute Gasteiger partial charge is 0.433 e. The van der Waals surface area contributed by atoms with E-state index in [9.17, 15) is 26.7 Å². The van der Waals surface area contributed by atoms with Crippen LogP contribution in [0.2, 0.25) is 5.02 Å². The maximum Gasteiger partial charge on any atom is 0.435 e. The summed E-state index contributed by atoms with van der Waals surface area (Å²) in [4.78, 5) is 12.4.